The molecule has 2 unspecified atom stereocenters. The number of benzene rings is 6. The SMILES string of the molecule is Cc1ccc([C](c2ccc(C)cc2)=[Hf]([CH3])([CH3])([CH]2C=Cc3c(-c4cc([Si](C)(C)C)cc([Si](C)(C)C)c4)cccc32)[CH]2C=Cc3c(-c4cc([Si](C)(C)C)cc([Si](C)(C)C)c4)cccc32)cc1. The fourth-order valence-electron chi connectivity index (χ4n) is 11.0. The molecule has 0 amide bonds. The average molecular weight is 1070 g/mol. The first-order valence-electron chi connectivity index (χ1n) is 23.9. The molecule has 0 bridgehead atoms. The molecule has 0 saturated carbocycles. The predicted molar refractivity (Wildman–Crippen MR) is 297 cm³/mol. The molecule has 0 aromatic heterocycles. The van der Waals surface area contributed by atoms with Gasteiger partial charge in [0.15, 0.2) is 0 Å². The van der Waals surface area contributed by atoms with Crippen molar-refractivity contribution >= 4 is 68.4 Å². The molecule has 0 saturated heterocycles. The summed E-state index contributed by atoms with van der Waals surface area (Å²) in [5, 5.41) is 6.28. The summed E-state index contributed by atoms with van der Waals surface area (Å²) in [6.45, 7) is 34.5. The molecule has 0 radical (unpaired) electrons. The zero-order valence-corrected chi connectivity index (χ0v) is 49.6. The van der Waals surface area contributed by atoms with Gasteiger partial charge in [0.1, 0.15) is 0 Å². The Morgan fingerprint density at radius 3 is 1.02 bits per heavy atom. The van der Waals surface area contributed by atoms with E-state index in [-0.39, 0.29) is 0 Å². The van der Waals surface area contributed by atoms with Crippen molar-refractivity contribution in [2.45, 2.75) is 109 Å². The van der Waals surface area contributed by atoms with E-state index in [1.54, 1.807) is 24.0 Å². The first-order valence-corrected chi connectivity index (χ1v) is 51.0. The van der Waals surface area contributed by atoms with Crippen LogP contribution in [0.1, 0.15) is 51.9 Å². The van der Waals surface area contributed by atoms with Gasteiger partial charge < -0.3 is 0 Å². The van der Waals surface area contributed by atoms with E-state index in [4.69, 9.17) is 0 Å². The Kier molecular flexibility index (Phi) is 12.0. The van der Waals surface area contributed by atoms with Crippen molar-refractivity contribution in [3.8, 4) is 22.3 Å². The first kappa shape index (κ1) is 46.9. The van der Waals surface area contributed by atoms with Gasteiger partial charge in [-0.05, 0) is 0 Å². The Hall–Kier alpha value is -3.59. The van der Waals surface area contributed by atoms with Gasteiger partial charge in [-0.15, -0.1) is 0 Å². The molecule has 0 spiro atoms. The van der Waals surface area contributed by atoms with Gasteiger partial charge in [0.2, 0.25) is 0 Å². The van der Waals surface area contributed by atoms with Gasteiger partial charge in [0.05, 0.1) is 0 Å². The molecule has 0 nitrogen and oxygen atoms in total. The van der Waals surface area contributed by atoms with Crippen molar-refractivity contribution in [1.82, 2.24) is 0 Å². The maximum absolute atomic E-state index is 4.79. The quantitative estimate of drug-likeness (QED) is 0.120. The molecule has 2 aliphatic carbocycles. The second-order valence-electron chi connectivity index (χ2n) is 24.6. The molecule has 6 aromatic rings. The van der Waals surface area contributed by atoms with Crippen LogP contribution in [0.2, 0.25) is 87.9 Å². The molecule has 0 heterocycles. The van der Waals surface area contributed by atoms with Crippen molar-refractivity contribution < 1.29 is 18.0 Å². The number of rotatable bonds is 10. The van der Waals surface area contributed by atoms with Crippen LogP contribution in [0.15, 0.2) is 133 Å². The van der Waals surface area contributed by atoms with Crippen LogP contribution in [0.5, 0.6) is 0 Å². The molecule has 0 aliphatic heterocycles. The van der Waals surface area contributed by atoms with E-state index >= 15 is 0 Å². The molecular formula is C59H74HfSi4. The monoisotopic (exact) mass is 1070 g/mol. The summed E-state index contributed by atoms with van der Waals surface area (Å²) in [5.41, 5.74) is 16.9. The van der Waals surface area contributed by atoms with E-state index in [1.165, 1.54) is 66.8 Å². The Balaban J connectivity index is 1.44. The third kappa shape index (κ3) is 8.51. The van der Waals surface area contributed by atoms with Gasteiger partial charge in [0, 0.05) is 0 Å². The van der Waals surface area contributed by atoms with Gasteiger partial charge in [-0.2, -0.15) is 0 Å². The summed E-state index contributed by atoms with van der Waals surface area (Å²) in [6.07, 6.45) is 10.5. The van der Waals surface area contributed by atoms with Gasteiger partial charge in [-0.25, -0.2) is 0 Å². The predicted octanol–water partition coefficient (Wildman–Crippen LogP) is 14.7. The summed E-state index contributed by atoms with van der Waals surface area (Å²) >= 11 is -4.79. The summed E-state index contributed by atoms with van der Waals surface area (Å²) in [5.74, 6) is 0. The fraction of sp³-hybridized carbons (Fsp3) is 0.305. The van der Waals surface area contributed by atoms with Crippen LogP contribution in [-0.4, -0.2) is 35.6 Å². The van der Waals surface area contributed by atoms with Crippen LogP contribution in [0.3, 0.4) is 0 Å². The minimum absolute atomic E-state index is 0.291. The van der Waals surface area contributed by atoms with Crippen LogP contribution < -0.4 is 20.7 Å². The number of fused-ring (bicyclic) bond motifs is 2. The Morgan fingerprint density at radius 1 is 0.406 bits per heavy atom. The maximum atomic E-state index is 2.84. The average Bonchev–Trinajstić information content (AvgIpc) is 3.88. The van der Waals surface area contributed by atoms with Crippen molar-refractivity contribution in [2.24, 2.45) is 0 Å². The second-order valence-corrected chi connectivity index (χ2v) is 69.9. The van der Waals surface area contributed by atoms with Crippen molar-refractivity contribution in [1.29, 1.82) is 0 Å². The third-order valence-corrected chi connectivity index (χ3v) is 48.4. The van der Waals surface area contributed by atoms with Crippen LogP contribution in [-0.2, 0) is 18.0 Å². The second kappa shape index (κ2) is 16.3. The van der Waals surface area contributed by atoms with E-state index in [9.17, 15) is 0 Å². The normalized spacial score (nSPS) is 16.6. The number of aryl methyl sites for hydroxylation is 2. The summed E-state index contributed by atoms with van der Waals surface area (Å²) < 4.78 is 7.87. The molecule has 2 aliphatic rings. The molecule has 6 aromatic carbocycles. The Labute approximate surface area is 392 Å². The summed E-state index contributed by atoms with van der Waals surface area (Å²) in [7, 11) is -6.34. The minimum atomic E-state index is -4.79. The molecule has 0 fully saturated rings. The number of hydrogen-bond acceptors (Lipinski definition) is 0. The zero-order valence-electron chi connectivity index (χ0n) is 42.0. The van der Waals surface area contributed by atoms with Crippen molar-refractivity contribution in [2.75, 3.05) is 0 Å². The van der Waals surface area contributed by atoms with E-state index in [2.05, 4.69) is 247 Å². The van der Waals surface area contributed by atoms with Crippen molar-refractivity contribution in [3.05, 3.63) is 178 Å². The zero-order chi connectivity index (χ0) is 46.4. The van der Waals surface area contributed by atoms with E-state index in [0.717, 1.165) is 0 Å². The van der Waals surface area contributed by atoms with E-state index < -0.39 is 50.3 Å². The molecule has 2 atom stereocenters. The summed E-state index contributed by atoms with van der Waals surface area (Å²) in [6, 6.07) is 49.2. The number of hydrogen-bond donors (Lipinski definition) is 0. The summed E-state index contributed by atoms with van der Waals surface area (Å²) in [4.78, 5) is 0. The molecule has 64 heavy (non-hydrogen) atoms. The number of allylic oxidation sites excluding steroid dienone is 2. The van der Waals surface area contributed by atoms with Gasteiger partial charge in [-0.1, -0.05) is 0 Å². The standard InChI is InChI=1S/2C21H27Si2.C15H14.2CH3.Hf/c2*1-22(2,3)18-13-17(14-19(15-18)23(4,5)6)21-12-8-10-16-9-7-11-20(16)21;1-12-3-7-14(8-4-12)11-15-9-5-13(2)6-10-15;;;/h2*7-15H,1-6H3;3-10H,1-2H3;2*1H3;. The van der Waals surface area contributed by atoms with E-state index in [0.29, 0.717) is 7.35 Å². The van der Waals surface area contributed by atoms with Gasteiger partial charge in [0.25, 0.3) is 0 Å². The van der Waals surface area contributed by atoms with Gasteiger partial charge >= 0.3 is 396 Å². The van der Waals surface area contributed by atoms with Crippen LogP contribution in [0.25, 0.3) is 34.4 Å². The van der Waals surface area contributed by atoms with E-state index in [1.807, 2.05) is 0 Å². The van der Waals surface area contributed by atoms with Crippen LogP contribution in [0.4, 0.5) is 0 Å². The van der Waals surface area contributed by atoms with Gasteiger partial charge in [-0.3, -0.25) is 0 Å². The van der Waals surface area contributed by atoms with Crippen LogP contribution >= 0.6 is 0 Å². The third-order valence-electron chi connectivity index (χ3n) is 15.2. The Bertz CT molecular complexity index is 2670. The molecule has 8 rings (SSSR count). The topological polar surface area (TPSA) is 0 Å². The van der Waals surface area contributed by atoms with Crippen molar-refractivity contribution in [3.63, 3.8) is 0 Å². The van der Waals surface area contributed by atoms with Crippen LogP contribution in [0, 0.1) is 13.8 Å². The molecule has 330 valence electrons. The molecule has 5 heteroatoms. The Morgan fingerprint density at radius 2 is 0.719 bits per heavy atom. The first-order chi connectivity index (χ1) is 29.7. The fourth-order valence-corrected chi connectivity index (χ4v) is 41.0. The molecule has 0 N–H and O–H groups in total. The molecular weight excluding hydrogens is 999 g/mol.